The topological polar surface area (TPSA) is 26.3 Å². The highest BCUT2D eigenvalue weighted by Crippen LogP contribution is 1.95. The largest absolute Gasteiger partial charge is 0.498 e. The molecule has 0 bridgehead atoms. The van der Waals surface area contributed by atoms with Crippen LogP contribution in [0.1, 0.15) is 13.8 Å². The summed E-state index contributed by atoms with van der Waals surface area (Å²) in [6.45, 7) is 4.09. The minimum absolute atomic E-state index is 0.499. The molecule has 2 nitrogen and oxygen atoms in total. The van der Waals surface area contributed by atoms with E-state index >= 15 is 0 Å². The molecule has 0 unspecified atom stereocenters. The first kappa shape index (κ1) is 8.50. The number of allylic oxidation sites excluding steroid dienone is 2. The number of hydrogen-bond donors (Lipinski definition) is 0. The van der Waals surface area contributed by atoms with Gasteiger partial charge in [0.2, 0.25) is 5.24 Å². The molecule has 0 aliphatic rings. The van der Waals surface area contributed by atoms with Gasteiger partial charge in [-0.25, -0.2) is 0 Å². The number of halogens is 1. The van der Waals surface area contributed by atoms with Gasteiger partial charge in [-0.05, 0) is 25.4 Å². The van der Waals surface area contributed by atoms with Gasteiger partial charge in [0.05, 0.1) is 12.4 Å². The highest BCUT2D eigenvalue weighted by molar-refractivity contribution is 6.66. The first-order valence-electron chi connectivity index (χ1n) is 2.67. The monoisotopic (exact) mass is 148 g/mol. The number of hydrogen-bond acceptors (Lipinski definition) is 2. The maximum absolute atomic E-state index is 10.1. The summed E-state index contributed by atoms with van der Waals surface area (Å²) in [6.07, 6.45) is 1.24. The van der Waals surface area contributed by atoms with E-state index in [2.05, 4.69) is 0 Å². The average Bonchev–Trinajstić information content (AvgIpc) is 1.63. The van der Waals surface area contributed by atoms with Gasteiger partial charge in [0.15, 0.2) is 0 Å². The molecule has 0 aromatic rings. The zero-order chi connectivity index (χ0) is 7.28. The fourth-order valence-corrected chi connectivity index (χ4v) is 0.583. The van der Waals surface area contributed by atoms with E-state index in [0.717, 1.165) is 0 Å². The van der Waals surface area contributed by atoms with Gasteiger partial charge < -0.3 is 4.74 Å². The Kier molecular flexibility index (Phi) is 4.14. The van der Waals surface area contributed by atoms with E-state index in [1.54, 1.807) is 6.92 Å². The Morgan fingerprint density at radius 2 is 2.33 bits per heavy atom. The van der Waals surface area contributed by atoms with E-state index in [0.29, 0.717) is 12.4 Å². The average molecular weight is 149 g/mol. The molecular formula is C6H9ClO2. The number of rotatable bonds is 3. The summed E-state index contributed by atoms with van der Waals surface area (Å²) in [7, 11) is 0. The third kappa shape index (κ3) is 5.37. The summed E-state index contributed by atoms with van der Waals surface area (Å²) in [5.41, 5.74) is 0. The lowest BCUT2D eigenvalue weighted by molar-refractivity contribution is -0.107. The molecule has 0 aromatic carbocycles. The molecule has 0 N–H and O–H groups in total. The molecule has 0 aromatic heterocycles. The molecule has 0 fully saturated rings. The number of ether oxygens (including phenoxy) is 1. The zero-order valence-corrected chi connectivity index (χ0v) is 6.23. The molecule has 3 heteroatoms. The van der Waals surface area contributed by atoms with E-state index < -0.39 is 5.24 Å². The van der Waals surface area contributed by atoms with Crippen LogP contribution in [0.4, 0.5) is 0 Å². The smallest absolute Gasteiger partial charge is 0.248 e. The van der Waals surface area contributed by atoms with Gasteiger partial charge in [-0.15, -0.1) is 0 Å². The lowest BCUT2D eigenvalue weighted by atomic mass is 10.5. The normalized spacial score (nSPS) is 11.2. The van der Waals surface area contributed by atoms with Crippen molar-refractivity contribution in [3.63, 3.8) is 0 Å². The Morgan fingerprint density at radius 1 is 1.78 bits per heavy atom. The molecule has 0 atom stereocenters. The Bertz CT molecular complexity index is 129. The van der Waals surface area contributed by atoms with Crippen LogP contribution in [0.15, 0.2) is 11.8 Å². The van der Waals surface area contributed by atoms with E-state index in [9.17, 15) is 4.79 Å². The molecule has 0 radical (unpaired) electrons. The molecule has 0 heterocycles. The van der Waals surface area contributed by atoms with Crippen LogP contribution in [0.2, 0.25) is 0 Å². The van der Waals surface area contributed by atoms with E-state index in [1.807, 2.05) is 6.92 Å². The fourth-order valence-electron chi connectivity index (χ4n) is 0.429. The van der Waals surface area contributed by atoms with Crippen molar-refractivity contribution < 1.29 is 9.53 Å². The van der Waals surface area contributed by atoms with Crippen molar-refractivity contribution in [1.82, 2.24) is 0 Å². The van der Waals surface area contributed by atoms with Crippen LogP contribution >= 0.6 is 11.6 Å². The molecule has 0 aliphatic heterocycles. The van der Waals surface area contributed by atoms with E-state index in [-0.39, 0.29) is 0 Å². The van der Waals surface area contributed by atoms with Gasteiger partial charge in [-0.3, -0.25) is 4.79 Å². The first-order valence-corrected chi connectivity index (χ1v) is 3.05. The first-order chi connectivity index (χ1) is 4.16. The minimum Gasteiger partial charge on any atom is -0.498 e. The minimum atomic E-state index is -0.499. The summed E-state index contributed by atoms with van der Waals surface area (Å²) >= 11 is 5.01. The van der Waals surface area contributed by atoms with Crippen molar-refractivity contribution >= 4 is 16.8 Å². The highest BCUT2D eigenvalue weighted by atomic mass is 35.5. The van der Waals surface area contributed by atoms with Gasteiger partial charge >= 0.3 is 0 Å². The van der Waals surface area contributed by atoms with Gasteiger partial charge in [0.25, 0.3) is 0 Å². The summed E-state index contributed by atoms with van der Waals surface area (Å²) < 4.78 is 4.91. The molecule has 0 saturated heterocycles. The van der Waals surface area contributed by atoms with Crippen LogP contribution in [0, 0.1) is 0 Å². The van der Waals surface area contributed by atoms with Gasteiger partial charge in [-0.2, -0.15) is 0 Å². The van der Waals surface area contributed by atoms with Crippen molar-refractivity contribution in [3.8, 4) is 0 Å². The quantitative estimate of drug-likeness (QED) is 0.346. The van der Waals surface area contributed by atoms with Crippen molar-refractivity contribution in [2.75, 3.05) is 6.61 Å². The zero-order valence-electron chi connectivity index (χ0n) is 5.48. The SMILES string of the molecule is CCO/C(C)=C/C(=O)Cl. The molecule has 0 aliphatic carbocycles. The molecular weight excluding hydrogens is 140 g/mol. The van der Waals surface area contributed by atoms with Crippen molar-refractivity contribution in [2.45, 2.75) is 13.8 Å². The van der Waals surface area contributed by atoms with Crippen molar-refractivity contribution in [3.05, 3.63) is 11.8 Å². The van der Waals surface area contributed by atoms with Crippen molar-refractivity contribution in [2.24, 2.45) is 0 Å². The van der Waals surface area contributed by atoms with Crippen molar-refractivity contribution in [1.29, 1.82) is 0 Å². The molecule has 52 valence electrons. The van der Waals surface area contributed by atoms with Crippen LogP contribution in [-0.4, -0.2) is 11.8 Å². The van der Waals surface area contributed by atoms with Crippen LogP contribution in [0.3, 0.4) is 0 Å². The van der Waals surface area contributed by atoms with E-state index in [4.69, 9.17) is 16.3 Å². The number of carbonyl (C=O) groups excluding carboxylic acids is 1. The Balaban J connectivity index is 3.69. The molecule has 0 saturated carbocycles. The summed E-state index contributed by atoms with van der Waals surface area (Å²) in [5.74, 6) is 0.553. The van der Waals surface area contributed by atoms with E-state index in [1.165, 1.54) is 6.08 Å². The third-order valence-corrected chi connectivity index (χ3v) is 0.798. The second-order valence-corrected chi connectivity index (χ2v) is 1.86. The van der Waals surface area contributed by atoms with Crippen LogP contribution in [-0.2, 0) is 9.53 Å². The molecule has 0 spiro atoms. The Hall–Kier alpha value is -0.500. The second-order valence-electron chi connectivity index (χ2n) is 1.49. The Morgan fingerprint density at radius 3 is 2.67 bits per heavy atom. The van der Waals surface area contributed by atoms with Crippen LogP contribution < -0.4 is 0 Å². The van der Waals surface area contributed by atoms with Crippen LogP contribution in [0.25, 0.3) is 0 Å². The number of carbonyl (C=O) groups is 1. The second kappa shape index (κ2) is 4.39. The lowest BCUT2D eigenvalue weighted by Crippen LogP contribution is -1.88. The Labute approximate surface area is 59.5 Å². The van der Waals surface area contributed by atoms with Gasteiger partial charge in [-0.1, -0.05) is 0 Å². The molecule has 0 amide bonds. The van der Waals surface area contributed by atoms with Gasteiger partial charge in [0, 0.05) is 6.08 Å². The molecule has 0 rings (SSSR count). The summed E-state index contributed by atoms with van der Waals surface area (Å²) in [4.78, 5) is 10.1. The van der Waals surface area contributed by atoms with Gasteiger partial charge in [0.1, 0.15) is 0 Å². The third-order valence-electron chi connectivity index (χ3n) is 0.689. The predicted molar refractivity (Wildman–Crippen MR) is 36.2 cm³/mol. The maximum Gasteiger partial charge on any atom is 0.248 e. The standard InChI is InChI=1S/C6H9ClO2/c1-3-9-5(2)4-6(7)8/h4H,3H2,1-2H3/b5-4+. The lowest BCUT2D eigenvalue weighted by Gasteiger charge is -1.98. The maximum atomic E-state index is 10.1. The summed E-state index contributed by atoms with van der Waals surface area (Å²) in [5, 5.41) is -0.499. The highest BCUT2D eigenvalue weighted by Gasteiger charge is 1.90. The fraction of sp³-hybridized carbons (Fsp3) is 0.500. The summed E-state index contributed by atoms with van der Waals surface area (Å²) in [6, 6.07) is 0. The predicted octanol–water partition coefficient (Wildman–Crippen LogP) is 1.69. The molecule has 9 heavy (non-hydrogen) atoms. The van der Waals surface area contributed by atoms with Crippen LogP contribution in [0.5, 0.6) is 0 Å².